The first-order chi connectivity index (χ1) is 12.6. The average Bonchev–Trinajstić information content (AvgIpc) is 2.99. The van der Waals surface area contributed by atoms with Crippen molar-refractivity contribution in [2.75, 3.05) is 0 Å². The second-order valence-electron chi connectivity index (χ2n) is 8.70. The van der Waals surface area contributed by atoms with Gasteiger partial charge in [-0.05, 0) is 42.0 Å². The molecule has 2 aliphatic carbocycles. The predicted molar refractivity (Wildman–Crippen MR) is 116 cm³/mol. The summed E-state index contributed by atoms with van der Waals surface area (Å²) in [5.41, 5.74) is 7.84. The van der Waals surface area contributed by atoms with Crippen LogP contribution in [-0.4, -0.2) is 14.3 Å². The predicted octanol–water partition coefficient (Wildman–Crippen LogP) is 6.52. The number of rotatable bonds is 4. The Morgan fingerprint density at radius 2 is 1.62 bits per heavy atom. The first-order valence-electron chi connectivity index (χ1n) is 10.2. The maximum atomic E-state index is 4.17. The van der Waals surface area contributed by atoms with Gasteiger partial charge in [0.05, 0.1) is 0 Å². The van der Waals surface area contributed by atoms with Crippen LogP contribution < -0.4 is 4.98 Å². The molecule has 0 aliphatic heterocycles. The van der Waals surface area contributed by atoms with Gasteiger partial charge in [0.25, 0.3) is 0 Å². The van der Waals surface area contributed by atoms with Crippen LogP contribution in [0.1, 0.15) is 55.7 Å². The van der Waals surface area contributed by atoms with E-state index in [1.807, 2.05) is 0 Å². The minimum atomic E-state index is -1.61. The van der Waals surface area contributed by atoms with Crippen molar-refractivity contribution in [3.05, 3.63) is 65.2 Å². The Balaban J connectivity index is 1.68. The summed E-state index contributed by atoms with van der Waals surface area (Å²) < 4.78 is 0. The maximum Gasteiger partial charge on any atom is 0.131 e. The fraction of sp³-hybridized carbons (Fsp3) is 0.417. The highest BCUT2D eigenvalue weighted by Crippen LogP contribution is 2.45. The monoisotopic (exact) mass is 361 g/mol. The van der Waals surface area contributed by atoms with Gasteiger partial charge in [0.15, 0.2) is 0 Å². The SMILES string of the molecule is CC1=Cc2c(-c3ccccc3)cccc2C1[Si](C)(C)NC1CCCCC1. The molecule has 1 fully saturated rings. The summed E-state index contributed by atoms with van der Waals surface area (Å²) in [7, 11) is -1.61. The van der Waals surface area contributed by atoms with Crippen LogP contribution in [-0.2, 0) is 0 Å². The molecule has 0 heterocycles. The second-order valence-corrected chi connectivity index (χ2v) is 13.0. The molecular weight excluding hydrogens is 330 g/mol. The van der Waals surface area contributed by atoms with E-state index in [9.17, 15) is 0 Å². The normalized spacial score (nSPS) is 20.7. The molecule has 0 amide bonds. The largest absolute Gasteiger partial charge is 0.334 e. The molecule has 136 valence electrons. The highest BCUT2D eigenvalue weighted by Gasteiger charge is 2.40. The summed E-state index contributed by atoms with van der Waals surface area (Å²) in [6, 6.07) is 18.5. The standard InChI is InChI=1S/C24H31NSi/c1-18-17-23-21(19-11-6-4-7-12-19)15-10-16-22(23)24(18)26(2,3)25-20-13-8-5-9-14-20/h4,6-7,10-12,15-17,20,24-25H,5,8-9,13-14H2,1-3H3. The van der Waals surface area contributed by atoms with Gasteiger partial charge in [-0.2, -0.15) is 0 Å². The number of fused-ring (bicyclic) bond motifs is 1. The third kappa shape index (κ3) is 3.33. The maximum absolute atomic E-state index is 4.17. The van der Waals surface area contributed by atoms with Gasteiger partial charge < -0.3 is 4.98 Å². The van der Waals surface area contributed by atoms with Gasteiger partial charge in [-0.3, -0.25) is 0 Å². The third-order valence-corrected chi connectivity index (χ3v) is 9.63. The Bertz CT molecular complexity index is 800. The van der Waals surface area contributed by atoms with Gasteiger partial charge in [-0.25, -0.2) is 0 Å². The van der Waals surface area contributed by atoms with Gasteiger partial charge in [0.1, 0.15) is 8.24 Å². The quantitative estimate of drug-likeness (QED) is 0.611. The highest BCUT2D eigenvalue weighted by atomic mass is 28.3. The molecule has 1 nitrogen and oxygen atoms in total. The fourth-order valence-electron chi connectivity index (χ4n) is 5.24. The molecule has 2 aromatic rings. The van der Waals surface area contributed by atoms with E-state index in [1.165, 1.54) is 48.8 Å². The van der Waals surface area contributed by atoms with Crippen molar-refractivity contribution in [3.63, 3.8) is 0 Å². The molecule has 0 saturated heterocycles. The Kier molecular flexibility index (Phi) is 4.89. The lowest BCUT2D eigenvalue weighted by Gasteiger charge is -2.38. The van der Waals surface area contributed by atoms with Crippen LogP contribution in [0.2, 0.25) is 13.1 Å². The Labute approximate surface area is 159 Å². The zero-order valence-electron chi connectivity index (χ0n) is 16.4. The molecule has 0 bridgehead atoms. The first-order valence-corrected chi connectivity index (χ1v) is 13.3. The van der Waals surface area contributed by atoms with Gasteiger partial charge in [-0.1, -0.05) is 92.5 Å². The molecule has 1 saturated carbocycles. The van der Waals surface area contributed by atoms with Crippen molar-refractivity contribution < 1.29 is 0 Å². The molecule has 1 atom stereocenters. The van der Waals surface area contributed by atoms with Crippen LogP contribution in [0.4, 0.5) is 0 Å². The van der Waals surface area contributed by atoms with E-state index in [1.54, 1.807) is 11.1 Å². The topological polar surface area (TPSA) is 12.0 Å². The van der Waals surface area contributed by atoms with Crippen LogP contribution >= 0.6 is 0 Å². The van der Waals surface area contributed by atoms with Gasteiger partial charge in [-0.15, -0.1) is 0 Å². The number of allylic oxidation sites excluding steroid dienone is 1. The smallest absolute Gasteiger partial charge is 0.131 e. The molecule has 2 aromatic carbocycles. The molecule has 2 heteroatoms. The molecule has 26 heavy (non-hydrogen) atoms. The minimum absolute atomic E-state index is 0.586. The van der Waals surface area contributed by atoms with Crippen LogP contribution in [0, 0.1) is 0 Å². The molecule has 0 aromatic heterocycles. The fourth-order valence-corrected chi connectivity index (χ4v) is 8.99. The molecule has 0 spiro atoms. The van der Waals surface area contributed by atoms with Crippen molar-refractivity contribution >= 4 is 14.3 Å². The molecule has 1 N–H and O–H groups in total. The highest BCUT2D eigenvalue weighted by molar-refractivity contribution is 6.77. The summed E-state index contributed by atoms with van der Waals surface area (Å²) in [6.45, 7) is 7.42. The number of benzene rings is 2. The van der Waals surface area contributed by atoms with Gasteiger partial charge in [0, 0.05) is 11.6 Å². The molecule has 4 rings (SSSR count). The zero-order valence-corrected chi connectivity index (χ0v) is 17.4. The second kappa shape index (κ2) is 7.17. The molecule has 1 unspecified atom stereocenters. The zero-order chi connectivity index (χ0) is 18.1. The third-order valence-electron chi connectivity index (χ3n) is 6.27. The van der Waals surface area contributed by atoms with Crippen molar-refractivity contribution in [3.8, 4) is 11.1 Å². The lowest BCUT2D eigenvalue weighted by molar-refractivity contribution is 0.412. The summed E-state index contributed by atoms with van der Waals surface area (Å²) in [5, 5.41) is 0. The van der Waals surface area contributed by atoms with Crippen molar-refractivity contribution in [1.82, 2.24) is 4.98 Å². The summed E-state index contributed by atoms with van der Waals surface area (Å²) in [5.74, 6) is 0. The summed E-state index contributed by atoms with van der Waals surface area (Å²) in [4.78, 5) is 4.17. The lowest BCUT2D eigenvalue weighted by Crippen LogP contribution is -2.55. The van der Waals surface area contributed by atoms with E-state index in [0.29, 0.717) is 5.54 Å². The number of hydrogen-bond donors (Lipinski definition) is 1. The molecule has 0 radical (unpaired) electrons. The van der Waals surface area contributed by atoms with Gasteiger partial charge in [0.2, 0.25) is 0 Å². The Morgan fingerprint density at radius 1 is 0.885 bits per heavy atom. The number of hydrogen-bond acceptors (Lipinski definition) is 1. The molecular formula is C24H31NSi. The van der Waals surface area contributed by atoms with Crippen LogP contribution in [0.5, 0.6) is 0 Å². The molecule has 2 aliphatic rings. The van der Waals surface area contributed by atoms with E-state index < -0.39 is 8.24 Å². The Hall–Kier alpha value is -1.64. The van der Waals surface area contributed by atoms with E-state index in [2.05, 4.69) is 79.6 Å². The first kappa shape index (κ1) is 17.8. The van der Waals surface area contributed by atoms with Crippen LogP contribution in [0.15, 0.2) is 54.1 Å². The van der Waals surface area contributed by atoms with E-state index >= 15 is 0 Å². The van der Waals surface area contributed by atoms with Crippen LogP contribution in [0.25, 0.3) is 17.2 Å². The average molecular weight is 362 g/mol. The van der Waals surface area contributed by atoms with Crippen molar-refractivity contribution in [2.45, 2.75) is 63.7 Å². The minimum Gasteiger partial charge on any atom is -0.334 e. The van der Waals surface area contributed by atoms with E-state index in [0.717, 1.165) is 6.04 Å². The summed E-state index contributed by atoms with van der Waals surface area (Å²) in [6.07, 6.45) is 9.41. The number of nitrogens with one attached hydrogen (secondary N) is 1. The summed E-state index contributed by atoms with van der Waals surface area (Å²) >= 11 is 0. The van der Waals surface area contributed by atoms with Crippen molar-refractivity contribution in [2.24, 2.45) is 0 Å². The van der Waals surface area contributed by atoms with Crippen LogP contribution in [0.3, 0.4) is 0 Å². The van der Waals surface area contributed by atoms with E-state index in [-0.39, 0.29) is 0 Å². The van der Waals surface area contributed by atoms with E-state index in [4.69, 9.17) is 0 Å². The van der Waals surface area contributed by atoms with Crippen molar-refractivity contribution in [1.29, 1.82) is 0 Å². The Morgan fingerprint density at radius 3 is 2.35 bits per heavy atom. The lowest BCUT2D eigenvalue weighted by atomic mass is 9.96. The van der Waals surface area contributed by atoms with Gasteiger partial charge >= 0.3 is 0 Å².